The number of carboxylic acid groups (broad SMARTS) is 1. The molecule has 0 bridgehead atoms. The number of aliphatic hydroxyl groups excluding tert-OH is 1. The van der Waals surface area contributed by atoms with Gasteiger partial charge in [0.2, 0.25) is 0 Å². The van der Waals surface area contributed by atoms with Crippen LogP contribution in [-0.4, -0.2) is 39.8 Å². The third-order valence-corrected chi connectivity index (χ3v) is 5.31. The normalized spacial score (nSPS) is 23.5. The summed E-state index contributed by atoms with van der Waals surface area (Å²) >= 11 is 7.95. The van der Waals surface area contributed by atoms with E-state index in [9.17, 15) is 15.0 Å². The minimum Gasteiger partial charge on any atom is -0.480 e. The van der Waals surface area contributed by atoms with Gasteiger partial charge >= 0.3 is 5.97 Å². The van der Waals surface area contributed by atoms with Crippen molar-refractivity contribution in [1.29, 1.82) is 0 Å². The summed E-state index contributed by atoms with van der Waals surface area (Å²) in [4.78, 5) is 14.0. The number of aliphatic carboxylic acids is 1. The largest absolute Gasteiger partial charge is 0.480 e. The second-order valence-corrected chi connectivity index (χ2v) is 6.52. The Morgan fingerprint density at radius 3 is 2.90 bits per heavy atom. The summed E-state index contributed by atoms with van der Waals surface area (Å²) in [6, 6.07) is 7.23. The highest BCUT2D eigenvalue weighted by molar-refractivity contribution is 7.19. The zero-order valence-electron chi connectivity index (χ0n) is 10.6. The van der Waals surface area contributed by atoms with Crippen molar-refractivity contribution < 1.29 is 15.0 Å². The Balaban J connectivity index is 1.89. The molecular formula is C14H14ClNO3S. The topological polar surface area (TPSA) is 60.8 Å². The average Bonchev–Trinajstić information content (AvgIpc) is 2.92. The summed E-state index contributed by atoms with van der Waals surface area (Å²) in [7, 11) is 0. The molecule has 1 saturated heterocycles. The lowest BCUT2D eigenvalue weighted by Gasteiger charge is -2.19. The van der Waals surface area contributed by atoms with Crippen molar-refractivity contribution in [1.82, 2.24) is 4.90 Å². The van der Waals surface area contributed by atoms with Crippen LogP contribution in [0.4, 0.5) is 0 Å². The van der Waals surface area contributed by atoms with E-state index in [1.165, 1.54) is 0 Å². The van der Waals surface area contributed by atoms with Gasteiger partial charge in [-0.15, -0.1) is 11.3 Å². The molecule has 1 aliphatic rings. The smallest absolute Gasteiger partial charge is 0.321 e. The van der Waals surface area contributed by atoms with E-state index in [2.05, 4.69) is 0 Å². The summed E-state index contributed by atoms with van der Waals surface area (Å²) in [5, 5.41) is 20.6. The Bertz CT molecular complexity index is 657. The van der Waals surface area contributed by atoms with E-state index in [4.69, 9.17) is 11.6 Å². The quantitative estimate of drug-likeness (QED) is 0.914. The molecule has 0 aliphatic carbocycles. The number of fused-ring (bicyclic) bond motifs is 1. The predicted molar refractivity (Wildman–Crippen MR) is 79.3 cm³/mol. The number of halogens is 1. The third-order valence-electron chi connectivity index (χ3n) is 3.61. The van der Waals surface area contributed by atoms with Crippen molar-refractivity contribution in [2.45, 2.75) is 25.1 Å². The van der Waals surface area contributed by atoms with Crippen LogP contribution in [0.3, 0.4) is 0 Å². The van der Waals surface area contributed by atoms with Crippen LogP contribution in [-0.2, 0) is 11.3 Å². The highest BCUT2D eigenvalue weighted by Crippen LogP contribution is 2.37. The van der Waals surface area contributed by atoms with Crippen LogP contribution in [0.2, 0.25) is 5.02 Å². The first-order chi connectivity index (χ1) is 9.56. The van der Waals surface area contributed by atoms with Gasteiger partial charge in [0.25, 0.3) is 0 Å². The minimum absolute atomic E-state index is 0.276. The fourth-order valence-corrected chi connectivity index (χ4v) is 4.18. The van der Waals surface area contributed by atoms with E-state index >= 15 is 0 Å². The van der Waals surface area contributed by atoms with Crippen molar-refractivity contribution in [2.75, 3.05) is 6.54 Å². The number of β-amino-alcohol motifs (C(OH)–C–C–N with tert-alkyl or cyclic N) is 1. The minimum atomic E-state index is -0.890. The Labute approximate surface area is 125 Å². The average molecular weight is 312 g/mol. The van der Waals surface area contributed by atoms with Crippen LogP contribution >= 0.6 is 22.9 Å². The lowest BCUT2D eigenvalue weighted by atomic mass is 10.2. The number of thiophene rings is 1. The maximum Gasteiger partial charge on any atom is 0.321 e. The highest BCUT2D eigenvalue weighted by Gasteiger charge is 2.36. The molecule has 0 amide bonds. The number of carbonyl (C=O) groups is 1. The van der Waals surface area contributed by atoms with E-state index in [0.29, 0.717) is 18.1 Å². The fraction of sp³-hybridized carbons (Fsp3) is 0.357. The van der Waals surface area contributed by atoms with Crippen molar-refractivity contribution in [3.05, 3.63) is 34.2 Å². The predicted octanol–water partition coefficient (Wildman–Crippen LogP) is 2.57. The molecule has 1 fully saturated rings. The van der Waals surface area contributed by atoms with Gasteiger partial charge in [0.15, 0.2) is 0 Å². The van der Waals surface area contributed by atoms with Crippen LogP contribution in [0.5, 0.6) is 0 Å². The molecule has 106 valence electrons. The molecule has 2 N–H and O–H groups in total. The number of carboxylic acids is 1. The summed E-state index contributed by atoms with van der Waals surface area (Å²) < 4.78 is 1.10. The standard InChI is InChI=1S/C14H14ClNO3S/c15-13-9-3-1-2-4-11(9)20-12(13)7-16-6-8(17)5-10(16)14(18)19/h1-4,8,10,17H,5-7H2,(H,18,19)/t8-,10+/m1/s1. The number of aliphatic hydroxyl groups is 1. The number of benzene rings is 1. The molecule has 3 rings (SSSR count). The number of hydrogen-bond donors (Lipinski definition) is 2. The van der Waals surface area contributed by atoms with Crippen LogP contribution in [0, 0.1) is 0 Å². The van der Waals surface area contributed by atoms with Gasteiger partial charge in [0.05, 0.1) is 11.1 Å². The molecule has 4 nitrogen and oxygen atoms in total. The summed E-state index contributed by atoms with van der Waals surface area (Å²) in [5.41, 5.74) is 0. The Kier molecular flexibility index (Phi) is 3.69. The van der Waals surface area contributed by atoms with Crippen molar-refractivity contribution in [2.24, 2.45) is 0 Å². The summed E-state index contributed by atoms with van der Waals surface area (Å²) in [5.74, 6) is -0.890. The van der Waals surface area contributed by atoms with E-state index in [-0.39, 0.29) is 6.42 Å². The van der Waals surface area contributed by atoms with Gasteiger partial charge in [-0.2, -0.15) is 0 Å². The van der Waals surface area contributed by atoms with Gasteiger partial charge in [-0.25, -0.2) is 0 Å². The molecule has 2 aromatic rings. The van der Waals surface area contributed by atoms with E-state index in [1.54, 1.807) is 16.2 Å². The van der Waals surface area contributed by atoms with Gasteiger partial charge in [0, 0.05) is 34.5 Å². The fourth-order valence-electron chi connectivity index (χ4n) is 2.66. The highest BCUT2D eigenvalue weighted by atomic mass is 35.5. The van der Waals surface area contributed by atoms with Crippen molar-refractivity contribution in [3.8, 4) is 0 Å². The second kappa shape index (κ2) is 5.33. The number of hydrogen-bond acceptors (Lipinski definition) is 4. The Morgan fingerprint density at radius 2 is 2.20 bits per heavy atom. The third kappa shape index (κ3) is 2.42. The van der Waals surface area contributed by atoms with Gasteiger partial charge in [-0.3, -0.25) is 9.69 Å². The second-order valence-electron chi connectivity index (χ2n) is 5.01. The maximum atomic E-state index is 11.2. The Hall–Kier alpha value is -1.14. The molecule has 0 unspecified atom stereocenters. The molecular weight excluding hydrogens is 298 g/mol. The number of likely N-dealkylation sites (tertiary alicyclic amines) is 1. The zero-order chi connectivity index (χ0) is 14.3. The number of rotatable bonds is 3. The Morgan fingerprint density at radius 1 is 1.45 bits per heavy atom. The van der Waals surface area contributed by atoms with Crippen LogP contribution < -0.4 is 0 Å². The molecule has 2 heterocycles. The van der Waals surface area contributed by atoms with Crippen LogP contribution in [0.25, 0.3) is 10.1 Å². The van der Waals surface area contributed by atoms with Crippen molar-refractivity contribution in [3.63, 3.8) is 0 Å². The lowest BCUT2D eigenvalue weighted by Crippen LogP contribution is -2.35. The number of nitrogens with zero attached hydrogens (tertiary/aromatic N) is 1. The van der Waals surface area contributed by atoms with Gasteiger partial charge in [-0.1, -0.05) is 29.8 Å². The molecule has 2 atom stereocenters. The maximum absolute atomic E-state index is 11.2. The van der Waals surface area contributed by atoms with E-state index in [0.717, 1.165) is 15.0 Å². The summed E-state index contributed by atoms with van der Waals surface area (Å²) in [6.07, 6.45) is -0.304. The molecule has 0 radical (unpaired) electrons. The van der Waals surface area contributed by atoms with Gasteiger partial charge in [0.1, 0.15) is 6.04 Å². The monoisotopic (exact) mass is 311 g/mol. The zero-order valence-corrected chi connectivity index (χ0v) is 12.2. The molecule has 0 saturated carbocycles. The molecule has 6 heteroatoms. The molecule has 0 spiro atoms. The lowest BCUT2D eigenvalue weighted by molar-refractivity contribution is -0.142. The van der Waals surface area contributed by atoms with Gasteiger partial charge in [-0.05, 0) is 6.07 Å². The molecule has 20 heavy (non-hydrogen) atoms. The van der Waals surface area contributed by atoms with E-state index < -0.39 is 18.1 Å². The SMILES string of the molecule is O=C(O)[C@@H]1C[C@@H](O)CN1Cc1sc2ccccc2c1Cl. The first kappa shape index (κ1) is 13.8. The summed E-state index contributed by atoms with van der Waals surface area (Å²) in [6.45, 7) is 0.841. The first-order valence-corrected chi connectivity index (χ1v) is 7.56. The molecule has 1 aromatic carbocycles. The van der Waals surface area contributed by atoms with Gasteiger partial charge < -0.3 is 10.2 Å². The van der Waals surface area contributed by atoms with E-state index in [1.807, 2.05) is 24.3 Å². The van der Waals surface area contributed by atoms with Crippen LogP contribution in [0.1, 0.15) is 11.3 Å². The first-order valence-electron chi connectivity index (χ1n) is 6.37. The molecule has 1 aliphatic heterocycles. The van der Waals surface area contributed by atoms with Crippen molar-refractivity contribution >= 4 is 39.0 Å². The molecule has 1 aromatic heterocycles. The van der Waals surface area contributed by atoms with Crippen LogP contribution in [0.15, 0.2) is 24.3 Å².